The lowest BCUT2D eigenvalue weighted by molar-refractivity contribution is 0.338. The molecule has 4 nitrogen and oxygen atoms in total. The standard InChI is InChI=1S/C14H22N2O2S/c1-19(17,18)14-5-3-2-4-13(14)16-10-11-6-8-12(15)9-7-11/h2-5,11-12,16H,6-10,15H2,1H3. The predicted octanol–water partition coefficient (Wildman–Crippen LogP) is 2.02. The number of rotatable bonds is 4. The van der Waals surface area contributed by atoms with Gasteiger partial charge in [0.05, 0.1) is 10.6 Å². The summed E-state index contributed by atoms with van der Waals surface area (Å²) in [7, 11) is -3.18. The van der Waals surface area contributed by atoms with E-state index in [9.17, 15) is 8.42 Å². The molecule has 0 amide bonds. The van der Waals surface area contributed by atoms with Gasteiger partial charge in [-0.1, -0.05) is 12.1 Å². The van der Waals surface area contributed by atoms with Gasteiger partial charge in [0.1, 0.15) is 0 Å². The summed E-state index contributed by atoms with van der Waals surface area (Å²) >= 11 is 0. The third kappa shape index (κ3) is 3.94. The first-order valence-corrected chi connectivity index (χ1v) is 8.64. The normalized spacial score (nSPS) is 24.1. The van der Waals surface area contributed by atoms with Crippen molar-refractivity contribution in [2.45, 2.75) is 36.6 Å². The summed E-state index contributed by atoms with van der Waals surface area (Å²) < 4.78 is 23.4. The number of benzene rings is 1. The minimum atomic E-state index is -3.18. The summed E-state index contributed by atoms with van der Waals surface area (Å²) in [4.78, 5) is 0.377. The molecule has 0 aromatic heterocycles. The Hall–Kier alpha value is -1.07. The molecule has 0 bridgehead atoms. The molecule has 106 valence electrons. The minimum absolute atomic E-state index is 0.347. The van der Waals surface area contributed by atoms with Crippen LogP contribution < -0.4 is 11.1 Å². The Bertz CT molecular complexity index is 520. The van der Waals surface area contributed by atoms with Gasteiger partial charge in [0, 0.05) is 18.8 Å². The van der Waals surface area contributed by atoms with Crippen LogP contribution in [0.5, 0.6) is 0 Å². The fourth-order valence-electron chi connectivity index (χ4n) is 2.58. The van der Waals surface area contributed by atoms with Gasteiger partial charge >= 0.3 is 0 Å². The van der Waals surface area contributed by atoms with Crippen molar-refractivity contribution < 1.29 is 8.42 Å². The van der Waals surface area contributed by atoms with Crippen molar-refractivity contribution in [1.29, 1.82) is 0 Å². The fourth-order valence-corrected chi connectivity index (χ4v) is 3.45. The molecule has 1 aliphatic rings. The van der Waals surface area contributed by atoms with Crippen molar-refractivity contribution in [1.82, 2.24) is 0 Å². The molecule has 0 aliphatic heterocycles. The largest absolute Gasteiger partial charge is 0.384 e. The van der Waals surface area contributed by atoms with E-state index in [4.69, 9.17) is 5.73 Å². The number of hydrogen-bond acceptors (Lipinski definition) is 4. The van der Waals surface area contributed by atoms with E-state index < -0.39 is 9.84 Å². The maximum absolute atomic E-state index is 11.7. The van der Waals surface area contributed by atoms with Crippen LogP contribution in [0.15, 0.2) is 29.2 Å². The van der Waals surface area contributed by atoms with Gasteiger partial charge in [-0.05, 0) is 43.7 Å². The average molecular weight is 282 g/mol. The third-order valence-electron chi connectivity index (χ3n) is 3.76. The van der Waals surface area contributed by atoms with Gasteiger partial charge in [0.25, 0.3) is 0 Å². The average Bonchev–Trinajstić information content (AvgIpc) is 2.37. The van der Waals surface area contributed by atoms with Crippen LogP contribution >= 0.6 is 0 Å². The molecule has 3 N–H and O–H groups in total. The molecule has 1 aromatic rings. The molecule has 2 rings (SSSR count). The maximum Gasteiger partial charge on any atom is 0.177 e. The molecule has 5 heteroatoms. The van der Waals surface area contributed by atoms with E-state index in [-0.39, 0.29) is 0 Å². The molecule has 1 aliphatic carbocycles. The zero-order valence-electron chi connectivity index (χ0n) is 11.3. The monoisotopic (exact) mass is 282 g/mol. The molecule has 0 unspecified atom stereocenters. The van der Waals surface area contributed by atoms with Gasteiger partial charge in [-0.15, -0.1) is 0 Å². The van der Waals surface area contributed by atoms with Crippen LogP contribution in [-0.4, -0.2) is 27.3 Å². The van der Waals surface area contributed by atoms with E-state index in [1.54, 1.807) is 12.1 Å². The highest BCUT2D eigenvalue weighted by molar-refractivity contribution is 7.90. The molecule has 0 heterocycles. The van der Waals surface area contributed by atoms with Gasteiger partial charge < -0.3 is 11.1 Å². The van der Waals surface area contributed by atoms with E-state index in [0.717, 1.165) is 32.2 Å². The van der Waals surface area contributed by atoms with Crippen molar-refractivity contribution in [3.8, 4) is 0 Å². The highest BCUT2D eigenvalue weighted by atomic mass is 32.2. The molecule has 1 aromatic carbocycles. The van der Waals surface area contributed by atoms with E-state index in [1.807, 2.05) is 12.1 Å². The highest BCUT2D eigenvalue weighted by Crippen LogP contribution is 2.25. The summed E-state index contributed by atoms with van der Waals surface area (Å²) in [5, 5.41) is 3.28. The van der Waals surface area contributed by atoms with Gasteiger partial charge in [-0.3, -0.25) is 0 Å². The summed E-state index contributed by atoms with van der Waals surface area (Å²) in [5.41, 5.74) is 6.59. The lowest BCUT2D eigenvalue weighted by Gasteiger charge is -2.26. The van der Waals surface area contributed by atoms with E-state index >= 15 is 0 Å². The number of nitrogens with two attached hydrogens (primary N) is 1. The fraction of sp³-hybridized carbons (Fsp3) is 0.571. The minimum Gasteiger partial charge on any atom is -0.384 e. The van der Waals surface area contributed by atoms with E-state index in [0.29, 0.717) is 22.5 Å². The van der Waals surface area contributed by atoms with E-state index in [2.05, 4.69) is 5.32 Å². The van der Waals surface area contributed by atoms with Gasteiger partial charge in [0.2, 0.25) is 0 Å². The summed E-state index contributed by atoms with van der Waals surface area (Å²) in [6.45, 7) is 0.819. The van der Waals surface area contributed by atoms with Crippen LogP contribution in [0.4, 0.5) is 5.69 Å². The van der Waals surface area contributed by atoms with Crippen LogP contribution in [0.3, 0.4) is 0 Å². The Morgan fingerprint density at radius 1 is 1.21 bits per heavy atom. The van der Waals surface area contributed by atoms with Crippen LogP contribution in [0.25, 0.3) is 0 Å². The van der Waals surface area contributed by atoms with Crippen LogP contribution in [0.1, 0.15) is 25.7 Å². The Labute approximate surface area is 115 Å². The molecule has 1 fully saturated rings. The molecule has 1 saturated carbocycles. The topological polar surface area (TPSA) is 72.2 Å². The molecule has 0 atom stereocenters. The number of para-hydroxylation sites is 1. The van der Waals surface area contributed by atoms with Crippen molar-refractivity contribution in [2.75, 3.05) is 18.1 Å². The van der Waals surface area contributed by atoms with Crippen LogP contribution in [-0.2, 0) is 9.84 Å². The Morgan fingerprint density at radius 2 is 1.84 bits per heavy atom. The number of anilines is 1. The van der Waals surface area contributed by atoms with Crippen LogP contribution in [0.2, 0.25) is 0 Å². The second-order valence-electron chi connectivity index (χ2n) is 5.43. The Morgan fingerprint density at radius 3 is 2.47 bits per heavy atom. The molecule has 0 saturated heterocycles. The second-order valence-corrected chi connectivity index (χ2v) is 7.41. The maximum atomic E-state index is 11.7. The van der Waals surface area contributed by atoms with Crippen LogP contribution in [0, 0.1) is 5.92 Å². The first-order chi connectivity index (χ1) is 8.97. The molecule has 0 spiro atoms. The lowest BCUT2D eigenvalue weighted by Crippen LogP contribution is -2.29. The molecule has 0 radical (unpaired) electrons. The number of hydrogen-bond donors (Lipinski definition) is 2. The van der Waals surface area contributed by atoms with E-state index in [1.165, 1.54) is 6.26 Å². The van der Waals surface area contributed by atoms with Gasteiger partial charge in [-0.2, -0.15) is 0 Å². The second kappa shape index (κ2) is 5.92. The first kappa shape index (κ1) is 14.3. The lowest BCUT2D eigenvalue weighted by atomic mass is 9.86. The number of nitrogens with one attached hydrogen (secondary N) is 1. The molecular formula is C14H22N2O2S. The van der Waals surface area contributed by atoms with Gasteiger partial charge in [0.15, 0.2) is 9.84 Å². The smallest absolute Gasteiger partial charge is 0.177 e. The highest BCUT2D eigenvalue weighted by Gasteiger charge is 2.19. The SMILES string of the molecule is CS(=O)(=O)c1ccccc1NCC1CCC(N)CC1. The van der Waals surface area contributed by atoms with Crippen molar-refractivity contribution in [3.63, 3.8) is 0 Å². The summed E-state index contributed by atoms with van der Waals surface area (Å²) in [6, 6.07) is 7.42. The molecular weight excluding hydrogens is 260 g/mol. The summed E-state index contributed by atoms with van der Waals surface area (Å²) in [6.07, 6.45) is 5.62. The first-order valence-electron chi connectivity index (χ1n) is 6.75. The zero-order chi connectivity index (χ0) is 13.9. The van der Waals surface area contributed by atoms with Gasteiger partial charge in [-0.25, -0.2) is 8.42 Å². The predicted molar refractivity (Wildman–Crippen MR) is 78.0 cm³/mol. The zero-order valence-corrected chi connectivity index (χ0v) is 12.1. The summed E-state index contributed by atoms with van der Waals surface area (Å²) in [5.74, 6) is 0.590. The van der Waals surface area contributed by atoms with Crippen molar-refractivity contribution in [2.24, 2.45) is 11.7 Å². The molecule has 19 heavy (non-hydrogen) atoms. The van der Waals surface area contributed by atoms with Crippen molar-refractivity contribution >= 4 is 15.5 Å². The number of sulfone groups is 1. The van der Waals surface area contributed by atoms with Crippen molar-refractivity contribution in [3.05, 3.63) is 24.3 Å². The quantitative estimate of drug-likeness (QED) is 0.886. The Balaban J connectivity index is 2.00. The Kier molecular flexibility index (Phi) is 4.47. The third-order valence-corrected chi connectivity index (χ3v) is 4.91.